The molecule has 0 radical (unpaired) electrons. The van der Waals surface area contributed by atoms with Crippen molar-refractivity contribution in [3.8, 4) is 0 Å². The van der Waals surface area contributed by atoms with Crippen molar-refractivity contribution in [2.75, 3.05) is 7.11 Å². The monoisotopic (exact) mass is 232 g/mol. The van der Waals surface area contributed by atoms with Gasteiger partial charge in [0.25, 0.3) is 0 Å². The van der Waals surface area contributed by atoms with Crippen LogP contribution in [0, 0.1) is 20.8 Å². The number of rotatable bonds is 3. The molecular formula is C14H16O3. The highest BCUT2D eigenvalue weighted by Gasteiger charge is 2.10. The first kappa shape index (κ1) is 13.2. The van der Waals surface area contributed by atoms with Crippen LogP contribution in [-0.2, 0) is 9.53 Å². The van der Waals surface area contributed by atoms with Gasteiger partial charge in [0.15, 0.2) is 5.78 Å². The van der Waals surface area contributed by atoms with Crippen LogP contribution in [0.3, 0.4) is 0 Å². The summed E-state index contributed by atoms with van der Waals surface area (Å²) in [6.45, 7) is 5.76. The Morgan fingerprint density at radius 1 is 1.06 bits per heavy atom. The van der Waals surface area contributed by atoms with E-state index in [2.05, 4.69) is 4.74 Å². The first-order chi connectivity index (χ1) is 7.95. The molecule has 1 rings (SSSR count). The van der Waals surface area contributed by atoms with Gasteiger partial charge in [-0.2, -0.15) is 0 Å². The normalized spacial score (nSPS) is 10.6. The molecule has 0 atom stereocenters. The number of allylic oxidation sites excluding steroid dienone is 1. The van der Waals surface area contributed by atoms with Gasteiger partial charge in [-0.05, 0) is 38.0 Å². The number of carbonyl (C=O) groups excluding carboxylic acids is 2. The summed E-state index contributed by atoms with van der Waals surface area (Å²) in [5.41, 5.74) is 3.60. The maximum absolute atomic E-state index is 11.9. The fraction of sp³-hybridized carbons (Fsp3) is 0.286. The van der Waals surface area contributed by atoms with Gasteiger partial charge < -0.3 is 4.74 Å². The quantitative estimate of drug-likeness (QED) is 0.457. The zero-order valence-corrected chi connectivity index (χ0v) is 10.5. The molecule has 1 aromatic rings. The molecule has 0 saturated carbocycles. The van der Waals surface area contributed by atoms with Crippen LogP contribution in [0.25, 0.3) is 0 Å². The van der Waals surface area contributed by atoms with E-state index >= 15 is 0 Å². The topological polar surface area (TPSA) is 43.4 Å². The zero-order valence-electron chi connectivity index (χ0n) is 10.5. The Hall–Kier alpha value is -1.90. The minimum atomic E-state index is -0.527. The lowest BCUT2D eigenvalue weighted by atomic mass is 9.96. The maximum atomic E-state index is 11.9. The first-order valence-corrected chi connectivity index (χ1v) is 5.34. The van der Waals surface area contributed by atoms with Gasteiger partial charge in [-0.3, -0.25) is 4.79 Å². The molecule has 0 aliphatic rings. The Labute approximate surface area is 101 Å². The number of carbonyl (C=O) groups is 2. The van der Waals surface area contributed by atoms with Gasteiger partial charge in [-0.1, -0.05) is 17.7 Å². The van der Waals surface area contributed by atoms with Crippen LogP contribution in [0.5, 0.6) is 0 Å². The smallest absolute Gasteiger partial charge is 0.330 e. The third-order valence-electron chi connectivity index (χ3n) is 2.50. The molecule has 3 heteroatoms. The first-order valence-electron chi connectivity index (χ1n) is 5.34. The van der Waals surface area contributed by atoms with Crippen molar-refractivity contribution in [1.82, 2.24) is 0 Å². The van der Waals surface area contributed by atoms with E-state index in [-0.39, 0.29) is 5.78 Å². The molecule has 90 valence electrons. The van der Waals surface area contributed by atoms with Crippen LogP contribution in [0.2, 0.25) is 0 Å². The van der Waals surface area contributed by atoms with Crippen LogP contribution in [0.4, 0.5) is 0 Å². The fourth-order valence-corrected chi connectivity index (χ4v) is 1.86. The van der Waals surface area contributed by atoms with Crippen molar-refractivity contribution in [2.45, 2.75) is 20.8 Å². The number of methoxy groups -OCH3 is 1. The number of ether oxygens (including phenoxy) is 1. The van der Waals surface area contributed by atoms with E-state index in [0.717, 1.165) is 22.8 Å². The summed E-state index contributed by atoms with van der Waals surface area (Å²) in [6, 6.07) is 3.90. The summed E-state index contributed by atoms with van der Waals surface area (Å²) < 4.78 is 4.44. The van der Waals surface area contributed by atoms with E-state index in [1.807, 2.05) is 32.9 Å². The molecule has 0 bridgehead atoms. The van der Waals surface area contributed by atoms with Gasteiger partial charge in [0.05, 0.1) is 7.11 Å². The van der Waals surface area contributed by atoms with Crippen molar-refractivity contribution >= 4 is 11.8 Å². The molecule has 1 aromatic carbocycles. The van der Waals surface area contributed by atoms with Crippen LogP contribution in [-0.4, -0.2) is 18.9 Å². The predicted octanol–water partition coefficient (Wildman–Crippen LogP) is 2.52. The lowest BCUT2D eigenvalue weighted by molar-refractivity contribution is -0.134. The summed E-state index contributed by atoms with van der Waals surface area (Å²) in [6.07, 6.45) is 2.39. The molecule has 0 aliphatic heterocycles. The van der Waals surface area contributed by atoms with E-state index in [4.69, 9.17) is 0 Å². The van der Waals surface area contributed by atoms with E-state index in [0.29, 0.717) is 5.56 Å². The zero-order chi connectivity index (χ0) is 13.0. The third kappa shape index (κ3) is 3.28. The molecular weight excluding hydrogens is 216 g/mol. The minimum Gasteiger partial charge on any atom is -0.466 e. The molecule has 0 aliphatic carbocycles. The van der Waals surface area contributed by atoms with Gasteiger partial charge in [-0.15, -0.1) is 0 Å². The van der Waals surface area contributed by atoms with Crippen molar-refractivity contribution in [1.29, 1.82) is 0 Å². The van der Waals surface area contributed by atoms with Crippen LogP contribution >= 0.6 is 0 Å². The molecule has 0 spiro atoms. The second-order valence-corrected chi connectivity index (χ2v) is 3.99. The fourth-order valence-electron chi connectivity index (χ4n) is 1.86. The lowest BCUT2D eigenvalue weighted by Crippen LogP contribution is -2.04. The SMILES string of the molecule is COC(=O)/C=C/C(=O)c1c(C)cc(C)cc1C. The summed E-state index contributed by atoms with van der Waals surface area (Å²) >= 11 is 0. The molecule has 3 nitrogen and oxygen atoms in total. The van der Waals surface area contributed by atoms with Crippen molar-refractivity contribution in [3.63, 3.8) is 0 Å². The minimum absolute atomic E-state index is 0.176. The predicted molar refractivity (Wildman–Crippen MR) is 66.1 cm³/mol. The highest BCUT2D eigenvalue weighted by molar-refractivity contribution is 6.08. The number of hydrogen-bond acceptors (Lipinski definition) is 3. The Balaban J connectivity index is 3.05. The molecule has 0 heterocycles. The molecule has 0 N–H and O–H groups in total. The second kappa shape index (κ2) is 5.43. The average Bonchev–Trinajstić information content (AvgIpc) is 2.24. The molecule has 17 heavy (non-hydrogen) atoms. The van der Waals surface area contributed by atoms with Crippen LogP contribution in [0.1, 0.15) is 27.0 Å². The number of esters is 1. The average molecular weight is 232 g/mol. The van der Waals surface area contributed by atoms with Crippen molar-refractivity contribution in [2.24, 2.45) is 0 Å². The highest BCUT2D eigenvalue weighted by atomic mass is 16.5. The standard InChI is InChI=1S/C14H16O3/c1-9-7-10(2)14(11(3)8-9)12(15)5-6-13(16)17-4/h5-8H,1-4H3/b6-5+. The Morgan fingerprint density at radius 3 is 2.06 bits per heavy atom. The second-order valence-electron chi connectivity index (χ2n) is 3.99. The Morgan fingerprint density at radius 2 is 1.59 bits per heavy atom. The number of ketones is 1. The molecule has 0 aromatic heterocycles. The summed E-state index contributed by atoms with van der Waals surface area (Å²) in [5.74, 6) is -0.703. The summed E-state index contributed by atoms with van der Waals surface area (Å²) in [5, 5.41) is 0. The maximum Gasteiger partial charge on any atom is 0.330 e. The van der Waals surface area contributed by atoms with E-state index < -0.39 is 5.97 Å². The van der Waals surface area contributed by atoms with Gasteiger partial charge in [0.1, 0.15) is 0 Å². The van der Waals surface area contributed by atoms with Crippen LogP contribution in [0.15, 0.2) is 24.3 Å². The van der Waals surface area contributed by atoms with E-state index in [9.17, 15) is 9.59 Å². The third-order valence-corrected chi connectivity index (χ3v) is 2.50. The van der Waals surface area contributed by atoms with E-state index in [1.165, 1.54) is 13.2 Å². The van der Waals surface area contributed by atoms with Crippen LogP contribution < -0.4 is 0 Å². The van der Waals surface area contributed by atoms with E-state index in [1.54, 1.807) is 0 Å². The Bertz CT molecular complexity index is 461. The lowest BCUT2D eigenvalue weighted by Gasteiger charge is -2.07. The summed E-state index contributed by atoms with van der Waals surface area (Å²) in [7, 11) is 1.28. The molecule has 0 saturated heterocycles. The van der Waals surface area contributed by atoms with Gasteiger partial charge in [-0.25, -0.2) is 4.79 Å². The van der Waals surface area contributed by atoms with Crippen molar-refractivity contribution < 1.29 is 14.3 Å². The largest absolute Gasteiger partial charge is 0.466 e. The van der Waals surface area contributed by atoms with Gasteiger partial charge in [0.2, 0.25) is 0 Å². The number of aryl methyl sites for hydroxylation is 3. The molecule has 0 unspecified atom stereocenters. The van der Waals surface area contributed by atoms with Gasteiger partial charge in [0, 0.05) is 11.6 Å². The summed E-state index contributed by atoms with van der Waals surface area (Å²) in [4.78, 5) is 22.8. The number of benzene rings is 1. The molecule has 0 amide bonds. The highest BCUT2D eigenvalue weighted by Crippen LogP contribution is 2.17. The van der Waals surface area contributed by atoms with Crippen molar-refractivity contribution in [3.05, 3.63) is 46.5 Å². The van der Waals surface area contributed by atoms with Gasteiger partial charge >= 0.3 is 5.97 Å². The molecule has 0 fully saturated rings. The Kier molecular flexibility index (Phi) is 4.21. The number of hydrogen-bond donors (Lipinski definition) is 0.